The van der Waals surface area contributed by atoms with Crippen LogP contribution in [0.5, 0.6) is 0 Å². The van der Waals surface area contributed by atoms with Crippen molar-refractivity contribution in [2.75, 3.05) is 0 Å². The molecular formula is C13H8F4N2O3S. The molecule has 10 heteroatoms. The number of amides is 1. The summed E-state index contributed by atoms with van der Waals surface area (Å²) < 4.78 is 75.6. The second kappa shape index (κ2) is 6.34. The van der Waals surface area contributed by atoms with Crippen LogP contribution in [0.2, 0.25) is 0 Å². The Balaban J connectivity index is 2.18. The summed E-state index contributed by atoms with van der Waals surface area (Å²) in [5, 5.41) is 0. The van der Waals surface area contributed by atoms with Crippen LogP contribution in [0, 0.1) is 23.3 Å². The van der Waals surface area contributed by atoms with Crippen molar-refractivity contribution in [3.05, 3.63) is 65.2 Å². The van der Waals surface area contributed by atoms with E-state index < -0.39 is 44.1 Å². The minimum absolute atomic E-state index is 0.0835. The molecule has 2 aromatic rings. The van der Waals surface area contributed by atoms with Crippen LogP contribution in [0.4, 0.5) is 17.6 Å². The molecule has 0 heterocycles. The first-order valence-corrected chi connectivity index (χ1v) is 7.42. The predicted octanol–water partition coefficient (Wildman–Crippen LogP) is 1.87. The Morgan fingerprint density at radius 1 is 0.870 bits per heavy atom. The standard InChI is InChI=1S/C13H8F4N2O3S/c14-8-3-1-7(2-4-8)13(20)18-19-23(21,22)10-6-5-9(15)11(16)12(10)17/h1-6,19H,(H,18,20). The van der Waals surface area contributed by atoms with E-state index in [2.05, 4.69) is 0 Å². The van der Waals surface area contributed by atoms with E-state index in [1.54, 1.807) is 5.43 Å². The molecule has 2 N–H and O–H groups in total. The lowest BCUT2D eigenvalue weighted by Crippen LogP contribution is -2.41. The van der Waals surface area contributed by atoms with Gasteiger partial charge in [-0.05, 0) is 36.4 Å². The summed E-state index contributed by atoms with van der Waals surface area (Å²) in [5.41, 5.74) is 1.65. The average molecular weight is 348 g/mol. The first kappa shape index (κ1) is 16.9. The summed E-state index contributed by atoms with van der Waals surface area (Å²) in [4.78, 5) is 12.0. The molecule has 2 rings (SSSR count). The predicted molar refractivity (Wildman–Crippen MR) is 70.5 cm³/mol. The lowest BCUT2D eigenvalue weighted by molar-refractivity contribution is 0.0945. The topological polar surface area (TPSA) is 75.3 Å². The maximum Gasteiger partial charge on any atom is 0.266 e. The molecule has 0 saturated carbocycles. The van der Waals surface area contributed by atoms with Crippen molar-refractivity contribution < 1.29 is 30.8 Å². The molecule has 122 valence electrons. The summed E-state index contributed by atoms with van der Waals surface area (Å²) in [5.74, 6) is -7.01. The quantitative estimate of drug-likeness (QED) is 0.503. The Bertz CT molecular complexity index is 854. The third-order valence-corrected chi connectivity index (χ3v) is 3.96. The van der Waals surface area contributed by atoms with Gasteiger partial charge >= 0.3 is 0 Å². The van der Waals surface area contributed by atoms with E-state index in [1.165, 1.54) is 4.83 Å². The van der Waals surface area contributed by atoms with Crippen molar-refractivity contribution in [2.45, 2.75) is 4.90 Å². The first-order chi connectivity index (χ1) is 10.7. The molecule has 2 aromatic carbocycles. The Kier molecular flexibility index (Phi) is 4.66. The smallest absolute Gasteiger partial charge is 0.266 e. The molecule has 0 aliphatic rings. The second-order valence-corrected chi connectivity index (χ2v) is 5.89. The zero-order chi connectivity index (χ0) is 17.2. The number of hydrazine groups is 1. The van der Waals surface area contributed by atoms with Crippen molar-refractivity contribution in [3.63, 3.8) is 0 Å². The Morgan fingerprint density at radius 3 is 2.09 bits per heavy atom. The van der Waals surface area contributed by atoms with E-state index in [0.29, 0.717) is 12.1 Å². The monoisotopic (exact) mass is 348 g/mol. The molecule has 0 unspecified atom stereocenters. The van der Waals surface area contributed by atoms with Crippen LogP contribution < -0.4 is 10.3 Å². The van der Waals surface area contributed by atoms with E-state index in [0.717, 1.165) is 24.3 Å². The number of sulfonamides is 1. The van der Waals surface area contributed by atoms with Gasteiger partial charge in [-0.2, -0.15) is 0 Å². The number of carbonyl (C=O) groups excluding carboxylic acids is 1. The van der Waals surface area contributed by atoms with Gasteiger partial charge in [0.25, 0.3) is 15.9 Å². The number of hydrogen-bond donors (Lipinski definition) is 2. The molecule has 5 nitrogen and oxygen atoms in total. The minimum atomic E-state index is -4.68. The van der Waals surface area contributed by atoms with Crippen LogP contribution in [0.1, 0.15) is 10.4 Å². The molecule has 0 aliphatic heterocycles. The van der Waals surface area contributed by atoms with Gasteiger partial charge in [-0.15, -0.1) is 4.83 Å². The van der Waals surface area contributed by atoms with Gasteiger partial charge in [-0.1, -0.05) is 0 Å². The van der Waals surface area contributed by atoms with Gasteiger partial charge in [-0.3, -0.25) is 10.2 Å². The molecule has 23 heavy (non-hydrogen) atoms. The number of halogens is 4. The number of carbonyl (C=O) groups is 1. The molecular weight excluding hydrogens is 340 g/mol. The number of nitrogens with one attached hydrogen (secondary N) is 2. The summed E-state index contributed by atoms with van der Waals surface area (Å²) in [7, 11) is -4.68. The SMILES string of the molecule is O=C(NNS(=O)(=O)c1ccc(F)c(F)c1F)c1ccc(F)cc1. The van der Waals surface area contributed by atoms with E-state index in [9.17, 15) is 30.8 Å². The molecule has 1 amide bonds. The largest absolute Gasteiger partial charge is 0.273 e. The maximum atomic E-state index is 13.5. The van der Waals surface area contributed by atoms with Gasteiger partial charge in [0.2, 0.25) is 0 Å². The Hall–Kier alpha value is -2.46. The summed E-state index contributed by atoms with van der Waals surface area (Å²) in [6, 6.07) is 5.03. The highest BCUT2D eigenvalue weighted by Crippen LogP contribution is 2.19. The van der Waals surface area contributed by atoms with E-state index in [1.807, 2.05) is 0 Å². The highest BCUT2D eigenvalue weighted by Gasteiger charge is 2.24. The van der Waals surface area contributed by atoms with Gasteiger partial charge in [0.15, 0.2) is 17.5 Å². The van der Waals surface area contributed by atoms with Crippen LogP contribution in [-0.2, 0) is 10.0 Å². The third-order valence-electron chi connectivity index (χ3n) is 2.69. The Labute approximate surface area is 128 Å². The molecule has 0 atom stereocenters. The third kappa shape index (κ3) is 3.66. The molecule has 0 fully saturated rings. The molecule has 0 bridgehead atoms. The fourth-order valence-electron chi connectivity index (χ4n) is 1.56. The number of hydrogen-bond acceptors (Lipinski definition) is 3. The highest BCUT2D eigenvalue weighted by molar-refractivity contribution is 7.89. The van der Waals surface area contributed by atoms with Crippen molar-refractivity contribution in [3.8, 4) is 0 Å². The molecule has 0 spiro atoms. The summed E-state index contributed by atoms with van der Waals surface area (Å²) >= 11 is 0. The highest BCUT2D eigenvalue weighted by atomic mass is 32.2. The lowest BCUT2D eigenvalue weighted by atomic mass is 10.2. The van der Waals surface area contributed by atoms with E-state index in [-0.39, 0.29) is 5.56 Å². The Morgan fingerprint density at radius 2 is 1.48 bits per heavy atom. The van der Waals surface area contributed by atoms with E-state index >= 15 is 0 Å². The van der Waals surface area contributed by atoms with Gasteiger partial charge in [0, 0.05) is 5.56 Å². The first-order valence-electron chi connectivity index (χ1n) is 5.93. The lowest BCUT2D eigenvalue weighted by Gasteiger charge is -2.09. The van der Waals surface area contributed by atoms with Crippen molar-refractivity contribution in [2.24, 2.45) is 0 Å². The number of rotatable bonds is 4. The van der Waals surface area contributed by atoms with Crippen LogP contribution in [0.15, 0.2) is 41.3 Å². The summed E-state index contributed by atoms with van der Waals surface area (Å²) in [6.07, 6.45) is 0. The van der Waals surface area contributed by atoms with Crippen LogP contribution in [0.3, 0.4) is 0 Å². The van der Waals surface area contributed by atoms with Gasteiger partial charge in [0.1, 0.15) is 10.7 Å². The average Bonchev–Trinajstić information content (AvgIpc) is 2.51. The molecule has 0 aliphatic carbocycles. The zero-order valence-corrected chi connectivity index (χ0v) is 11.9. The maximum absolute atomic E-state index is 13.5. The van der Waals surface area contributed by atoms with Gasteiger partial charge in [0.05, 0.1) is 0 Å². The molecule has 0 radical (unpaired) electrons. The second-order valence-electron chi connectivity index (χ2n) is 4.24. The minimum Gasteiger partial charge on any atom is -0.273 e. The summed E-state index contributed by atoms with van der Waals surface area (Å²) in [6.45, 7) is 0. The normalized spacial score (nSPS) is 11.3. The van der Waals surface area contributed by atoms with Crippen molar-refractivity contribution in [1.29, 1.82) is 0 Å². The van der Waals surface area contributed by atoms with Crippen molar-refractivity contribution >= 4 is 15.9 Å². The van der Waals surface area contributed by atoms with Crippen LogP contribution in [0.25, 0.3) is 0 Å². The van der Waals surface area contributed by atoms with Gasteiger partial charge < -0.3 is 0 Å². The fraction of sp³-hybridized carbons (Fsp3) is 0. The van der Waals surface area contributed by atoms with Crippen molar-refractivity contribution in [1.82, 2.24) is 10.3 Å². The van der Waals surface area contributed by atoms with Gasteiger partial charge in [-0.25, -0.2) is 26.0 Å². The van der Waals surface area contributed by atoms with Crippen LogP contribution >= 0.6 is 0 Å². The molecule has 0 saturated heterocycles. The fourth-order valence-corrected chi connectivity index (χ4v) is 2.47. The number of benzene rings is 2. The zero-order valence-electron chi connectivity index (χ0n) is 11.1. The molecule has 0 aromatic heterocycles. The van der Waals surface area contributed by atoms with E-state index in [4.69, 9.17) is 0 Å². The van der Waals surface area contributed by atoms with Crippen LogP contribution in [-0.4, -0.2) is 14.3 Å².